The van der Waals surface area contributed by atoms with E-state index in [9.17, 15) is 0 Å². The van der Waals surface area contributed by atoms with Crippen LogP contribution in [0, 0.1) is 5.92 Å². The van der Waals surface area contributed by atoms with Crippen LogP contribution in [0.1, 0.15) is 43.8 Å². The van der Waals surface area contributed by atoms with Crippen LogP contribution in [-0.4, -0.2) is 33.0 Å². The molecule has 5 heteroatoms. The van der Waals surface area contributed by atoms with Crippen molar-refractivity contribution in [2.45, 2.75) is 44.6 Å². The van der Waals surface area contributed by atoms with Crippen molar-refractivity contribution in [3.63, 3.8) is 0 Å². The second-order valence-electron chi connectivity index (χ2n) is 6.33. The normalized spacial score (nSPS) is 23.0. The third-order valence-corrected chi connectivity index (χ3v) is 5.01. The number of rotatable bonds is 2. The summed E-state index contributed by atoms with van der Waals surface area (Å²) in [5.41, 5.74) is 1.06. The van der Waals surface area contributed by atoms with Gasteiger partial charge in [0, 0.05) is 43.6 Å². The van der Waals surface area contributed by atoms with Crippen LogP contribution in [0.15, 0.2) is 24.5 Å². The lowest BCUT2D eigenvalue weighted by Crippen LogP contribution is -2.23. The molecule has 1 unspecified atom stereocenters. The van der Waals surface area contributed by atoms with Crippen LogP contribution < -0.4 is 0 Å². The highest BCUT2D eigenvalue weighted by atomic mass is 16.5. The van der Waals surface area contributed by atoms with Crippen LogP contribution in [-0.2, 0) is 11.3 Å². The maximum Gasteiger partial charge on any atom is 0.165 e. The van der Waals surface area contributed by atoms with E-state index >= 15 is 0 Å². The summed E-state index contributed by atoms with van der Waals surface area (Å²) in [7, 11) is 0. The zero-order chi connectivity index (χ0) is 14.8. The van der Waals surface area contributed by atoms with Gasteiger partial charge in [0.2, 0.25) is 0 Å². The summed E-state index contributed by atoms with van der Waals surface area (Å²) >= 11 is 0. The molecule has 1 saturated heterocycles. The molecule has 4 rings (SSSR count). The summed E-state index contributed by atoms with van der Waals surface area (Å²) < 4.78 is 7.87. The molecule has 2 aliphatic heterocycles. The molecule has 0 aliphatic carbocycles. The van der Waals surface area contributed by atoms with Crippen molar-refractivity contribution in [1.29, 1.82) is 0 Å². The standard InChI is InChI=1S/C17H22N4O/c1-2-9-21-16(14-4-3-8-18-12-14)19-20-17(21)15(5-1)13-6-10-22-11-7-13/h3-4,8,12-13,15H,1-2,5-7,9-11H2. The quantitative estimate of drug-likeness (QED) is 0.855. The molecule has 4 heterocycles. The smallest absolute Gasteiger partial charge is 0.165 e. The van der Waals surface area contributed by atoms with E-state index in [2.05, 4.69) is 25.8 Å². The Labute approximate surface area is 130 Å². The molecule has 0 amide bonds. The highest BCUT2D eigenvalue weighted by Crippen LogP contribution is 2.38. The van der Waals surface area contributed by atoms with Crippen molar-refractivity contribution in [3.05, 3.63) is 30.4 Å². The van der Waals surface area contributed by atoms with Crippen LogP contribution in [0.4, 0.5) is 0 Å². The van der Waals surface area contributed by atoms with Crippen LogP contribution in [0.25, 0.3) is 11.4 Å². The third-order valence-electron chi connectivity index (χ3n) is 5.01. The van der Waals surface area contributed by atoms with Crippen molar-refractivity contribution in [1.82, 2.24) is 19.7 Å². The Morgan fingerprint density at radius 2 is 2.00 bits per heavy atom. The number of nitrogens with zero attached hydrogens (tertiary/aromatic N) is 4. The topological polar surface area (TPSA) is 52.8 Å². The van der Waals surface area contributed by atoms with Gasteiger partial charge in [-0.25, -0.2) is 0 Å². The SMILES string of the molecule is c1cncc(-c2nnc3n2CCCCC3C2CCOCC2)c1. The zero-order valence-corrected chi connectivity index (χ0v) is 12.8. The van der Waals surface area contributed by atoms with E-state index in [1.165, 1.54) is 25.1 Å². The molecule has 0 N–H and O–H groups in total. The van der Waals surface area contributed by atoms with E-state index < -0.39 is 0 Å². The van der Waals surface area contributed by atoms with Crippen molar-refractivity contribution >= 4 is 0 Å². The summed E-state index contributed by atoms with van der Waals surface area (Å²) in [5, 5.41) is 9.09. The predicted molar refractivity (Wildman–Crippen MR) is 83.4 cm³/mol. The van der Waals surface area contributed by atoms with Gasteiger partial charge in [-0.15, -0.1) is 10.2 Å². The molecular weight excluding hydrogens is 276 g/mol. The first-order valence-electron chi connectivity index (χ1n) is 8.35. The van der Waals surface area contributed by atoms with Gasteiger partial charge in [0.15, 0.2) is 5.82 Å². The van der Waals surface area contributed by atoms with Crippen LogP contribution in [0.3, 0.4) is 0 Å². The van der Waals surface area contributed by atoms with E-state index in [4.69, 9.17) is 4.74 Å². The first-order valence-corrected chi connectivity index (χ1v) is 8.35. The second kappa shape index (κ2) is 6.16. The molecule has 1 fully saturated rings. The number of hydrogen-bond donors (Lipinski definition) is 0. The van der Waals surface area contributed by atoms with Crippen LogP contribution >= 0.6 is 0 Å². The summed E-state index contributed by atoms with van der Waals surface area (Å²) in [4.78, 5) is 4.22. The first-order chi connectivity index (χ1) is 10.9. The van der Waals surface area contributed by atoms with Crippen molar-refractivity contribution < 1.29 is 4.74 Å². The lowest BCUT2D eigenvalue weighted by molar-refractivity contribution is 0.0556. The largest absolute Gasteiger partial charge is 0.381 e. The number of hydrogen-bond acceptors (Lipinski definition) is 4. The lowest BCUT2D eigenvalue weighted by Gasteiger charge is -2.28. The molecule has 2 aliphatic rings. The van der Waals surface area contributed by atoms with E-state index in [1.807, 2.05) is 12.3 Å². The molecule has 22 heavy (non-hydrogen) atoms. The van der Waals surface area contributed by atoms with Gasteiger partial charge < -0.3 is 9.30 Å². The molecule has 1 atom stereocenters. The van der Waals surface area contributed by atoms with Gasteiger partial charge in [-0.1, -0.05) is 6.42 Å². The second-order valence-corrected chi connectivity index (χ2v) is 6.33. The van der Waals surface area contributed by atoms with Gasteiger partial charge in [0.25, 0.3) is 0 Å². The number of fused-ring (bicyclic) bond motifs is 1. The highest BCUT2D eigenvalue weighted by Gasteiger charge is 2.31. The van der Waals surface area contributed by atoms with Gasteiger partial charge >= 0.3 is 0 Å². The molecule has 2 aromatic rings. The van der Waals surface area contributed by atoms with E-state index in [0.29, 0.717) is 11.8 Å². The summed E-state index contributed by atoms with van der Waals surface area (Å²) in [6, 6.07) is 4.03. The van der Waals surface area contributed by atoms with Crippen LogP contribution in [0.5, 0.6) is 0 Å². The van der Waals surface area contributed by atoms with Crippen LogP contribution in [0.2, 0.25) is 0 Å². The molecule has 0 radical (unpaired) electrons. The van der Waals surface area contributed by atoms with E-state index in [-0.39, 0.29) is 0 Å². The monoisotopic (exact) mass is 298 g/mol. The maximum atomic E-state index is 5.53. The number of ether oxygens (including phenoxy) is 1. The third kappa shape index (κ3) is 2.54. The van der Waals surface area contributed by atoms with Crippen molar-refractivity contribution in [2.24, 2.45) is 5.92 Å². The minimum atomic E-state index is 0.532. The first kappa shape index (κ1) is 13.9. The Morgan fingerprint density at radius 3 is 2.82 bits per heavy atom. The maximum absolute atomic E-state index is 5.53. The Balaban J connectivity index is 1.70. The summed E-state index contributed by atoms with van der Waals surface area (Å²) in [5.74, 6) is 3.38. The average Bonchev–Trinajstić information content (AvgIpc) is 2.89. The van der Waals surface area contributed by atoms with Gasteiger partial charge in [-0.3, -0.25) is 4.98 Å². The molecule has 0 saturated carbocycles. The van der Waals surface area contributed by atoms with E-state index in [1.54, 1.807) is 6.20 Å². The molecule has 0 spiro atoms. The molecule has 116 valence electrons. The van der Waals surface area contributed by atoms with E-state index in [0.717, 1.165) is 44.0 Å². The Morgan fingerprint density at radius 1 is 1.09 bits per heavy atom. The Kier molecular flexibility index (Phi) is 3.89. The van der Waals surface area contributed by atoms with Gasteiger partial charge in [0.05, 0.1) is 0 Å². The fraction of sp³-hybridized carbons (Fsp3) is 0.588. The van der Waals surface area contributed by atoms with Crippen molar-refractivity contribution in [3.8, 4) is 11.4 Å². The Hall–Kier alpha value is -1.75. The van der Waals surface area contributed by atoms with Gasteiger partial charge in [-0.2, -0.15) is 0 Å². The fourth-order valence-electron chi connectivity index (χ4n) is 3.85. The zero-order valence-electron chi connectivity index (χ0n) is 12.8. The fourth-order valence-corrected chi connectivity index (χ4v) is 3.85. The van der Waals surface area contributed by atoms with Gasteiger partial charge in [-0.05, 0) is 43.7 Å². The predicted octanol–water partition coefficient (Wildman–Crippen LogP) is 3.03. The molecule has 0 bridgehead atoms. The highest BCUT2D eigenvalue weighted by molar-refractivity contribution is 5.53. The minimum absolute atomic E-state index is 0.532. The van der Waals surface area contributed by atoms with Crippen molar-refractivity contribution in [2.75, 3.05) is 13.2 Å². The summed E-state index contributed by atoms with van der Waals surface area (Å²) in [6.07, 6.45) is 9.70. The molecule has 5 nitrogen and oxygen atoms in total. The summed E-state index contributed by atoms with van der Waals surface area (Å²) in [6.45, 7) is 2.81. The molecule has 0 aromatic carbocycles. The Bertz CT molecular complexity index is 619. The lowest BCUT2D eigenvalue weighted by atomic mass is 9.82. The van der Waals surface area contributed by atoms with Gasteiger partial charge in [0.1, 0.15) is 5.82 Å². The number of pyridine rings is 1. The molecule has 2 aromatic heterocycles. The average molecular weight is 298 g/mol. The molecular formula is C17H22N4O. The number of aromatic nitrogens is 4. The minimum Gasteiger partial charge on any atom is -0.381 e.